The zero-order valence-corrected chi connectivity index (χ0v) is 21.3. The van der Waals surface area contributed by atoms with Gasteiger partial charge in [-0.2, -0.15) is 0 Å². The van der Waals surface area contributed by atoms with Gasteiger partial charge in [-0.3, -0.25) is 9.59 Å². The number of amides is 2. The number of hydrazine groups is 1. The maximum Gasteiger partial charge on any atom is 0.269 e. The summed E-state index contributed by atoms with van der Waals surface area (Å²) in [6.07, 6.45) is 0.521. The maximum absolute atomic E-state index is 16.1. The highest BCUT2D eigenvalue weighted by atomic mass is 19.2. The van der Waals surface area contributed by atoms with Gasteiger partial charge in [0.2, 0.25) is 0 Å². The molecule has 2 aromatic rings. The van der Waals surface area contributed by atoms with Crippen molar-refractivity contribution in [2.24, 2.45) is 0 Å². The molecule has 0 radical (unpaired) electrons. The fourth-order valence-corrected chi connectivity index (χ4v) is 4.97. The van der Waals surface area contributed by atoms with Crippen LogP contribution in [0.15, 0.2) is 18.2 Å². The van der Waals surface area contributed by atoms with Crippen LogP contribution >= 0.6 is 0 Å². The molecule has 0 aromatic heterocycles. The lowest BCUT2D eigenvalue weighted by Gasteiger charge is -2.39. The molecular formula is C27H32F3N3O3. The van der Waals surface area contributed by atoms with E-state index in [4.69, 9.17) is 4.74 Å². The van der Waals surface area contributed by atoms with Gasteiger partial charge in [0.25, 0.3) is 11.8 Å². The molecule has 0 atom stereocenters. The molecule has 4 rings (SSSR count). The van der Waals surface area contributed by atoms with Crippen molar-refractivity contribution in [3.05, 3.63) is 57.9 Å². The first-order valence-corrected chi connectivity index (χ1v) is 12.4. The number of halogens is 3. The summed E-state index contributed by atoms with van der Waals surface area (Å²) in [6.45, 7) is 11.1. The van der Waals surface area contributed by atoms with Crippen LogP contribution in [0.3, 0.4) is 0 Å². The summed E-state index contributed by atoms with van der Waals surface area (Å²) < 4.78 is 52.4. The molecule has 6 nitrogen and oxygen atoms in total. The Labute approximate surface area is 209 Å². The van der Waals surface area contributed by atoms with Crippen molar-refractivity contribution in [2.75, 3.05) is 42.8 Å². The molecule has 1 saturated heterocycles. The van der Waals surface area contributed by atoms with E-state index < -0.39 is 46.1 Å². The van der Waals surface area contributed by atoms with Gasteiger partial charge in [0.1, 0.15) is 5.69 Å². The molecule has 0 N–H and O–H groups in total. The van der Waals surface area contributed by atoms with Crippen LogP contribution in [0.1, 0.15) is 84.7 Å². The van der Waals surface area contributed by atoms with E-state index in [1.54, 1.807) is 17.1 Å². The molecule has 0 saturated carbocycles. The molecular weight excluding hydrogens is 471 g/mol. The van der Waals surface area contributed by atoms with Gasteiger partial charge in [0, 0.05) is 19.6 Å². The van der Waals surface area contributed by atoms with Crippen molar-refractivity contribution >= 4 is 23.2 Å². The van der Waals surface area contributed by atoms with E-state index >= 15 is 13.2 Å². The van der Waals surface area contributed by atoms with Crippen molar-refractivity contribution < 1.29 is 27.5 Å². The quantitative estimate of drug-likeness (QED) is 0.363. The van der Waals surface area contributed by atoms with Crippen molar-refractivity contribution in [2.45, 2.75) is 52.9 Å². The van der Waals surface area contributed by atoms with Crippen molar-refractivity contribution in [1.82, 2.24) is 5.01 Å². The van der Waals surface area contributed by atoms with Crippen molar-refractivity contribution in [3.63, 3.8) is 0 Å². The lowest BCUT2D eigenvalue weighted by Crippen LogP contribution is -2.50. The highest BCUT2D eigenvalue weighted by Crippen LogP contribution is 2.43. The normalized spacial score (nSPS) is 16.4. The van der Waals surface area contributed by atoms with E-state index in [1.807, 2.05) is 40.7 Å². The Morgan fingerprint density at radius 3 is 1.92 bits per heavy atom. The Balaban J connectivity index is 1.92. The van der Waals surface area contributed by atoms with Crippen LogP contribution < -0.4 is 9.91 Å². The third-order valence-electron chi connectivity index (χ3n) is 6.72. The number of morpholine rings is 1. The standard InChI is InChI=1S/C27H32F3N3O3/c1-6-10-32(31-11-13-36-14-12-31)25-22(29)20-19(21(28)23(25)30)26(34)33(27(20)35)24-17(15(2)3)8-7-9-18(24)16(4)5/h7-9,15-16H,6,10-14H2,1-5H3. The Kier molecular flexibility index (Phi) is 7.43. The summed E-state index contributed by atoms with van der Waals surface area (Å²) in [7, 11) is 0. The summed E-state index contributed by atoms with van der Waals surface area (Å²) in [5.74, 6) is -6.41. The minimum absolute atomic E-state index is 0.0774. The van der Waals surface area contributed by atoms with E-state index in [1.165, 1.54) is 5.01 Å². The van der Waals surface area contributed by atoms with Crippen LogP contribution in [-0.4, -0.2) is 49.7 Å². The molecule has 36 heavy (non-hydrogen) atoms. The first kappa shape index (κ1) is 26.2. The molecule has 2 aliphatic rings. The second kappa shape index (κ2) is 10.2. The molecule has 0 bridgehead atoms. The lowest BCUT2D eigenvalue weighted by atomic mass is 9.92. The maximum atomic E-state index is 16.1. The number of carbonyl (C=O) groups is 2. The highest BCUT2D eigenvalue weighted by molar-refractivity contribution is 6.35. The monoisotopic (exact) mass is 503 g/mol. The van der Waals surface area contributed by atoms with Crippen LogP contribution in [0, 0.1) is 17.5 Å². The number of para-hydroxylation sites is 1. The Hall–Kier alpha value is -2.91. The van der Waals surface area contributed by atoms with Gasteiger partial charge in [-0.15, -0.1) is 0 Å². The third-order valence-corrected chi connectivity index (χ3v) is 6.72. The van der Waals surface area contributed by atoms with E-state index in [2.05, 4.69) is 0 Å². The molecule has 0 spiro atoms. The number of rotatable bonds is 7. The minimum Gasteiger partial charge on any atom is -0.379 e. The number of carbonyl (C=O) groups excluding carboxylic acids is 2. The molecule has 2 heterocycles. The number of fused-ring (bicyclic) bond motifs is 1. The van der Waals surface area contributed by atoms with Crippen LogP contribution in [0.2, 0.25) is 0 Å². The second-order valence-electron chi connectivity index (χ2n) is 9.77. The van der Waals surface area contributed by atoms with Gasteiger partial charge in [0.15, 0.2) is 17.5 Å². The van der Waals surface area contributed by atoms with Gasteiger partial charge < -0.3 is 9.75 Å². The molecule has 9 heteroatoms. The van der Waals surface area contributed by atoms with Gasteiger partial charge in [-0.05, 0) is 29.4 Å². The Morgan fingerprint density at radius 1 is 0.889 bits per heavy atom. The first-order valence-electron chi connectivity index (χ1n) is 12.4. The van der Waals surface area contributed by atoms with Crippen molar-refractivity contribution in [1.29, 1.82) is 0 Å². The summed E-state index contributed by atoms with van der Waals surface area (Å²) in [6, 6.07) is 5.40. The molecule has 2 amide bonds. The minimum atomic E-state index is -1.51. The first-order chi connectivity index (χ1) is 17.1. The molecule has 2 aromatic carbocycles. The Bertz CT molecular complexity index is 1170. The molecule has 0 aliphatic carbocycles. The van der Waals surface area contributed by atoms with E-state index in [-0.39, 0.29) is 18.4 Å². The van der Waals surface area contributed by atoms with Gasteiger partial charge in [-0.25, -0.2) is 23.1 Å². The van der Waals surface area contributed by atoms with E-state index in [0.29, 0.717) is 49.5 Å². The SMILES string of the molecule is CCCN(c1c(F)c(F)c2c(c1F)C(=O)N(c1c(C(C)C)cccc1C(C)C)C2=O)N1CCOCC1. The van der Waals surface area contributed by atoms with Crippen LogP contribution in [0.25, 0.3) is 0 Å². The number of hydrogen-bond donors (Lipinski definition) is 0. The zero-order chi connectivity index (χ0) is 26.3. The smallest absolute Gasteiger partial charge is 0.269 e. The van der Waals surface area contributed by atoms with Gasteiger partial charge in [0.05, 0.1) is 30.0 Å². The average Bonchev–Trinajstić information content (AvgIpc) is 3.12. The number of anilines is 2. The number of benzene rings is 2. The summed E-state index contributed by atoms with van der Waals surface area (Å²) >= 11 is 0. The summed E-state index contributed by atoms with van der Waals surface area (Å²) in [5, 5.41) is 3.02. The van der Waals surface area contributed by atoms with E-state index in [9.17, 15) is 9.59 Å². The molecule has 194 valence electrons. The summed E-state index contributed by atoms with van der Waals surface area (Å²) in [4.78, 5) is 28.0. The third kappa shape index (κ3) is 4.18. The van der Waals surface area contributed by atoms with E-state index in [0.717, 1.165) is 4.90 Å². The fraction of sp³-hybridized carbons (Fsp3) is 0.481. The van der Waals surface area contributed by atoms with Crippen LogP contribution in [-0.2, 0) is 4.74 Å². The fourth-order valence-electron chi connectivity index (χ4n) is 4.97. The molecule has 1 fully saturated rings. The van der Waals surface area contributed by atoms with Gasteiger partial charge in [-0.1, -0.05) is 52.8 Å². The van der Waals surface area contributed by atoms with Gasteiger partial charge >= 0.3 is 0 Å². The van der Waals surface area contributed by atoms with Crippen LogP contribution in [0.4, 0.5) is 24.5 Å². The largest absolute Gasteiger partial charge is 0.379 e. The highest BCUT2D eigenvalue weighted by Gasteiger charge is 2.47. The number of ether oxygens (including phenoxy) is 1. The zero-order valence-electron chi connectivity index (χ0n) is 21.3. The average molecular weight is 504 g/mol. The predicted octanol–water partition coefficient (Wildman–Crippen LogP) is 5.61. The second-order valence-corrected chi connectivity index (χ2v) is 9.77. The number of nitrogens with zero attached hydrogens (tertiary/aromatic N) is 3. The summed E-state index contributed by atoms with van der Waals surface area (Å²) in [5.41, 5.74) is -0.537. The van der Waals surface area contributed by atoms with Crippen LogP contribution in [0.5, 0.6) is 0 Å². The number of hydrogen-bond acceptors (Lipinski definition) is 5. The Morgan fingerprint density at radius 2 is 1.42 bits per heavy atom. The lowest BCUT2D eigenvalue weighted by molar-refractivity contribution is 0.0308. The molecule has 0 unspecified atom stereocenters. The topological polar surface area (TPSA) is 53.1 Å². The predicted molar refractivity (Wildman–Crippen MR) is 132 cm³/mol. The van der Waals surface area contributed by atoms with Crippen molar-refractivity contribution in [3.8, 4) is 0 Å². The number of imide groups is 1. The molecule has 2 aliphatic heterocycles.